The van der Waals surface area contributed by atoms with E-state index in [9.17, 15) is 0 Å². The van der Waals surface area contributed by atoms with Crippen molar-refractivity contribution in [2.45, 2.75) is 12.5 Å². The second-order valence-corrected chi connectivity index (χ2v) is 8.23. The summed E-state index contributed by atoms with van der Waals surface area (Å²) >= 11 is 0. The number of benzene rings is 3. The Balaban J connectivity index is 1.96. The lowest BCUT2D eigenvalue weighted by Gasteiger charge is -2.26. The molecule has 7 nitrogen and oxygen atoms in total. The maximum atomic E-state index is 5.64. The second kappa shape index (κ2) is 10.2. The molecule has 35 heavy (non-hydrogen) atoms. The van der Waals surface area contributed by atoms with Crippen molar-refractivity contribution in [3.63, 3.8) is 0 Å². The van der Waals surface area contributed by atoms with Crippen LogP contribution in [-0.2, 0) is 6.42 Å². The van der Waals surface area contributed by atoms with Crippen molar-refractivity contribution in [2.24, 2.45) is 0 Å². The molecule has 1 aliphatic heterocycles. The van der Waals surface area contributed by atoms with Crippen LogP contribution in [0, 0.1) is 0 Å². The first-order valence-corrected chi connectivity index (χ1v) is 11.3. The van der Waals surface area contributed by atoms with E-state index in [1.165, 1.54) is 0 Å². The number of fused-ring (bicyclic) bond motifs is 1. The van der Waals surface area contributed by atoms with Crippen LogP contribution in [0.15, 0.2) is 48.5 Å². The summed E-state index contributed by atoms with van der Waals surface area (Å²) in [5, 5.41) is 0. The Hall–Kier alpha value is -3.87. The number of likely N-dealkylation sites (N-methyl/N-ethyl adjacent to an activating group) is 1. The number of hydrogen-bond donors (Lipinski definition) is 0. The average molecular weight is 479 g/mol. The topological polar surface area (TPSA) is 58.4 Å². The Morgan fingerprint density at radius 2 is 1.11 bits per heavy atom. The van der Waals surface area contributed by atoms with Crippen LogP contribution in [0.3, 0.4) is 0 Å². The van der Waals surface area contributed by atoms with E-state index in [1.54, 1.807) is 42.7 Å². The van der Waals surface area contributed by atoms with Crippen LogP contribution in [0.2, 0.25) is 0 Å². The summed E-state index contributed by atoms with van der Waals surface area (Å²) in [5.41, 5.74) is 5.40. The highest BCUT2D eigenvalue weighted by molar-refractivity contribution is 6.11. The van der Waals surface area contributed by atoms with Gasteiger partial charge < -0.3 is 28.4 Å². The van der Waals surface area contributed by atoms with Crippen molar-refractivity contribution in [3.8, 4) is 34.5 Å². The van der Waals surface area contributed by atoms with Crippen LogP contribution in [0.4, 0.5) is 0 Å². The van der Waals surface area contributed by atoms with Gasteiger partial charge in [0.25, 0.3) is 0 Å². The molecule has 4 rings (SSSR count). The SMILES string of the molecule is COc1ccc(C2=[N+](C)C(c3ccc(OC)c(OC)c3)Cc3cc(OC)c(OC)cc32)cc1OC. The molecular weight excluding hydrogens is 446 g/mol. The van der Waals surface area contributed by atoms with E-state index in [0.717, 1.165) is 34.4 Å². The highest BCUT2D eigenvalue weighted by Gasteiger charge is 2.35. The Bertz CT molecular complexity index is 1270. The summed E-state index contributed by atoms with van der Waals surface area (Å²) in [4.78, 5) is 0. The van der Waals surface area contributed by atoms with E-state index in [-0.39, 0.29) is 6.04 Å². The van der Waals surface area contributed by atoms with Gasteiger partial charge in [-0.3, -0.25) is 0 Å². The van der Waals surface area contributed by atoms with Crippen molar-refractivity contribution in [3.05, 3.63) is 70.8 Å². The van der Waals surface area contributed by atoms with Gasteiger partial charge in [-0.15, -0.1) is 0 Å². The van der Waals surface area contributed by atoms with Gasteiger partial charge in [0, 0.05) is 12.0 Å². The van der Waals surface area contributed by atoms with E-state index >= 15 is 0 Å². The van der Waals surface area contributed by atoms with Crippen LogP contribution in [0.25, 0.3) is 0 Å². The lowest BCUT2D eigenvalue weighted by Crippen LogP contribution is -2.31. The zero-order chi connectivity index (χ0) is 25.1. The van der Waals surface area contributed by atoms with Crippen molar-refractivity contribution in [1.82, 2.24) is 0 Å². The molecule has 1 heterocycles. The Morgan fingerprint density at radius 1 is 0.600 bits per heavy atom. The van der Waals surface area contributed by atoms with Gasteiger partial charge in [0.2, 0.25) is 5.71 Å². The molecule has 1 unspecified atom stereocenters. The van der Waals surface area contributed by atoms with Crippen LogP contribution in [0.5, 0.6) is 34.5 Å². The Morgan fingerprint density at radius 3 is 1.71 bits per heavy atom. The Kier molecular flexibility index (Phi) is 7.05. The molecule has 184 valence electrons. The van der Waals surface area contributed by atoms with Gasteiger partial charge in [0.05, 0.1) is 53.8 Å². The van der Waals surface area contributed by atoms with Gasteiger partial charge in [-0.1, -0.05) is 0 Å². The highest BCUT2D eigenvalue weighted by atomic mass is 16.5. The number of nitrogens with zero attached hydrogens (tertiary/aromatic N) is 1. The molecule has 0 bridgehead atoms. The maximum absolute atomic E-state index is 5.64. The van der Waals surface area contributed by atoms with Crippen molar-refractivity contribution in [2.75, 3.05) is 49.7 Å². The molecule has 7 heteroatoms. The van der Waals surface area contributed by atoms with E-state index in [0.29, 0.717) is 34.5 Å². The third kappa shape index (κ3) is 4.34. The van der Waals surface area contributed by atoms with Gasteiger partial charge in [-0.25, -0.2) is 4.58 Å². The first-order chi connectivity index (χ1) is 17.0. The van der Waals surface area contributed by atoms with Gasteiger partial charge in [0.1, 0.15) is 7.05 Å². The van der Waals surface area contributed by atoms with Gasteiger partial charge in [-0.05, 0) is 54.1 Å². The summed E-state index contributed by atoms with van der Waals surface area (Å²) in [5.74, 6) is 4.13. The number of ether oxygens (including phenoxy) is 6. The van der Waals surface area contributed by atoms with E-state index in [4.69, 9.17) is 28.4 Å². The molecule has 0 saturated heterocycles. The molecule has 0 N–H and O–H groups in total. The predicted octanol–water partition coefficient (Wildman–Crippen LogP) is 4.52. The molecule has 0 spiro atoms. The number of methoxy groups -OCH3 is 6. The van der Waals surface area contributed by atoms with E-state index in [2.05, 4.69) is 23.8 Å². The molecular formula is C28H32NO6+. The molecule has 0 saturated carbocycles. The molecule has 0 fully saturated rings. The molecule has 0 amide bonds. The minimum absolute atomic E-state index is 0.0449. The van der Waals surface area contributed by atoms with Gasteiger partial charge >= 0.3 is 0 Å². The van der Waals surface area contributed by atoms with Crippen LogP contribution in [-0.4, -0.2) is 60.0 Å². The molecule has 0 radical (unpaired) electrons. The number of rotatable bonds is 8. The van der Waals surface area contributed by atoms with Crippen molar-refractivity contribution >= 4 is 5.71 Å². The molecule has 1 atom stereocenters. The first kappa shape index (κ1) is 24.3. The minimum Gasteiger partial charge on any atom is -0.493 e. The quantitative estimate of drug-likeness (QED) is 0.444. The third-order valence-electron chi connectivity index (χ3n) is 6.55. The molecule has 3 aromatic rings. The summed E-state index contributed by atoms with van der Waals surface area (Å²) in [7, 11) is 12.0. The molecule has 3 aromatic carbocycles. The van der Waals surface area contributed by atoms with Gasteiger partial charge in [-0.2, -0.15) is 0 Å². The summed E-state index contributed by atoms with van der Waals surface area (Å²) < 4.78 is 35.7. The number of hydrogen-bond acceptors (Lipinski definition) is 6. The fourth-order valence-electron chi connectivity index (χ4n) is 4.75. The summed E-state index contributed by atoms with van der Waals surface area (Å²) in [6, 6.07) is 16.2. The van der Waals surface area contributed by atoms with Crippen LogP contribution >= 0.6 is 0 Å². The van der Waals surface area contributed by atoms with Crippen molar-refractivity contribution < 1.29 is 33.0 Å². The van der Waals surface area contributed by atoms with Gasteiger partial charge in [0.15, 0.2) is 40.5 Å². The second-order valence-electron chi connectivity index (χ2n) is 8.23. The first-order valence-electron chi connectivity index (χ1n) is 11.3. The van der Waals surface area contributed by atoms with E-state index < -0.39 is 0 Å². The predicted molar refractivity (Wildman–Crippen MR) is 134 cm³/mol. The monoisotopic (exact) mass is 478 g/mol. The average Bonchev–Trinajstić information content (AvgIpc) is 2.91. The smallest absolute Gasteiger partial charge is 0.215 e. The molecule has 0 aromatic heterocycles. The normalized spacial score (nSPS) is 14.8. The van der Waals surface area contributed by atoms with Crippen LogP contribution in [0.1, 0.15) is 28.3 Å². The zero-order valence-electron chi connectivity index (χ0n) is 21.3. The lowest BCUT2D eigenvalue weighted by atomic mass is 9.86. The standard InChI is InChI=1S/C28H32NO6/c1-29-21(17-8-10-22(30-2)24(13-17)32-4)12-19-15-26(34-6)27(35-7)16-20(19)28(29)18-9-11-23(31-3)25(14-18)33-5/h8-11,13-16,21H,12H2,1-7H3/q+1. The summed E-state index contributed by atoms with van der Waals surface area (Å²) in [6.07, 6.45) is 0.776. The lowest BCUT2D eigenvalue weighted by molar-refractivity contribution is -0.545. The minimum atomic E-state index is 0.0449. The molecule has 1 aliphatic rings. The zero-order valence-corrected chi connectivity index (χ0v) is 21.3. The maximum Gasteiger partial charge on any atom is 0.215 e. The largest absolute Gasteiger partial charge is 0.493 e. The third-order valence-corrected chi connectivity index (χ3v) is 6.55. The van der Waals surface area contributed by atoms with Crippen molar-refractivity contribution in [1.29, 1.82) is 0 Å². The van der Waals surface area contributed by atoms with Crippen LogP contribution < -0.4 is 28.4 Å². The fourth-order valence-corrected chi connectivity index (χ4v) is 4.75. The van der Waals surface area contributed by atoms with E-state index in [1.807, 2.05) is 36.4 Å². The fraction of sp³-hybridized carbons (Fsp3) is 0.321. The Labute approximate surface area is 206 Å². The highest BCUT2D eigenvalue weighted by Crippen LogP contribution is 2.40. The summed E-state index contributed by atoms with van der Waals surface area (Å²) in [6.45, 7) is 0. The molecule has 0 aliphatic carbocycles.